The summed E-state index contributed by atoms with van der Waals surface area (Å²) in [5.74, 6) is 1.20. The zero-order valence-electron chi connectivity index (χ0n) is 10.2. The molecule has 0 radical (unpaired) electrons. The van der Waals surface area contributed by atoms with Crippen molar-refractivity contribution < 1.29 is 13.9 Å². The van der Waals surface area contributed by atoms with Crippen LogP contribution in [0, 0.1) is 5.82 Å². The minimum Gasteiger partial charge on any atom is -0.467 e. The number of ether oxygens (including phenoxy) is 1. The first-order chi connectivity index (χ1) is 8.66. The maximum Gasteiger partial charge on any atom is 0.332 e. The quantitative estimate of drug-likeness (QED) is 0.856. The first-order valence-electron chi connectivity index (χ1n) is 5.86. The van der Waals surface area contributed by atoms with Crippen molar-refractivity contribution in [3.63, 3.8) is 0 Å². The van der Waals surface area contributed by atoms with Gasteiger partial charge in [0.05, 0.1) is 7.11 Å². The van der Waals surface area contributed by atoms with E-state index in [9.17, 15) is 9.18 Å². The van der Waals surface area contributed by atoms with Crippen molar-refractivity contribution in [3.05, 3.63) is 30.1 Å². The number of hydrogen-bond acceptors (Lipinski definition) is 4. The number of benzene rings is 1. The van der Waals surface area contributed by atoms with Crippen LogP contribution in [0.5, 0.6) is 0 Å². The van der Waals surface area contributed by atoms with Crippen molar-refractivity contribution in [3.8, 4) is 0 Å². The highest BCUT2D eigenvalue weighted by Gasteiger charge is 2.41. The topological polar surface area (TPSA) is 38.3 Å². The van der Waals surface area contributed by atoms with Crippen LogP contribution in [0.2, 0.25) is 0 Å². The Labute approximate surface area is 110 Å². The fourth-order valence-corrected chi connectivity index (χ4v) is 3.29. The SMILES string of the molecule is COC(=O)C1(Nc2ccc(F)cc2)CCCSC1. The molecule has 2 rings (SSSR count). The average molecular weight is 269 g/mol. The van der Waals surface area contributed by atoms with Gasteiger partial charge in [-0.2, -0.15) is 11.8 Å². The zero-order valence-corrected chi connectivity index (χ0v) is 11.1. The van der Waals surface area contributed by atoms with Crippen LogP contribution in [0.4, 0.5) is 10.1 Å². The van der Waals surface area contributed by atoms with Gasteiger partial charge in [-0.15, -0.1) is 0 Å². The molecule has 3 nitrogen and oxygen atoms in total. The molecule has 1 N–H and O–H groups in total. The Morgan fingerprint density at radius 3 is 2.72 bits per heavy atom. The third-order valence-electron chi connectivity index (χ3n) is 3.04. The summed E-state index contributed by atoms with van der Waals surface area (Å²) >= 11 is 1.73. The lowest BCUT2D eigenvalue weighted by Gasteiger charge is -2.35. The van der Waals surface area contributed by atoms with E-state index in [0.29, 0.717) is 5.75 Å². The van der Waals surface area contributed by atoms with Gasteiger partial charge in [0.25, 0.3) is 0 Å². The molecule has 18 heavy (non-hydrogen) atoms. The Bertz CT molecular complexity index is 416. The summed E-state index contributed by atoms with van der Waals surface area (Å²) in [7, 11) is 1.40. The van der Waals surface area contributed by atoms with E-state index >= 15 is 0 Å². The summed E-state index contributed by atoms with van der Waals surface area (Å²) in [6.45, 7) is 0. The second-order valence-corrected chi connectivity index (χ2v) is 5.47. The van der Waals surface area contributed by atoms with E-state index in [1.54, 1.807) is 23.9 Å². The molecule has 0 aromatic heterocycles. The number of esters is 1. The Balaban J connectivity index is 2.19. The number of thioether (sulfide) groups is 1. The predicted molar refractivity (Wildman–Crippen MR) is 71.3 cm³/mol. The number of halogens is 1. The number of hydrogen-bond donors (Lipinski definition) is 1. The highest BCUT2D eigenvalue weighted by atomic mass is 32.2. The highest BCUT2D eigenvalue weighted by Crippen LogP contribution is 2.31. The van der Waals surface area contributed by atoms with Gasteiger partial charge in [-0.3, -0.25) is 0 Å². The molecule has 1 unspecified atom stereocenters. The second kappa shape index (κ2) is 5.61. The Morgan fingerprint density at radius 2 is 2.17 bits per heavy atom. The normalized spacial score (nSPS) is 23.4. The number of nitrogens with one attached hydrogen (secondary N) is 1. The number of carbonyl (C=O) groups is 1. The van der Waals surface area contributed by atoms with Crippen LogP contribution in [-0.4, -0.2) is 30.1 Å². The lowest BCUT2D eigenvalue weighted by atomic mass is 9.95. The minimum atomic E-state index is -0.685. The summed E-state index contributed by atoms with van der Waals surface area (Å²) in [6.07, 6.45) is 1.71. The highest BCUT2D eigenvalue weighted by molar-refractivity contribution is 7.99. The molecule has 1 atom stereocenters. The molecule has 1 aliphatic rings. The lowest BCUT2D eigenvalue weighted by Crippen LogP contribution is -2.51. The molecule has 0 bridgehead atoms. The molecular weight excluding hydrogens is 253 g/mol. The number of anilines is 1. The molecule has 98 valence electrons. The van der Waals surface area contributed by atoms with Gasteiger partial charge in [0.1, 0.15) is 11.4 Å². The largest absolute Gasteiger partial charge is 0.467 e. The molecule has 0 amide bonds. The molecule has 1 saturated heterocycles. The standard InChI is InChI=1S/C13H16FNO2S/c1-17-12(16)13(7-2-8-18-9-13)15-11-5-3-10(14)4-6-11/h3-6,15H,2,7-9H2,1H3. The first kappa shape index (κ1) is 13.2. The van der Waals surface area contributed by atoms with E-state index < -0.39 is 5.54 Å². The molecule has 0 saturated carbocycles. The van der Waals surface area contributed by atoms with Crippen LogP contribution in [0.1, 0.15) is 12.8 Å². The maximum absolute atomic E-state index is 12.9. The predicted octanol–water partition coefficient (Wildman–Crippen LogP) is 2.68. The molecule has 1 aromatic rings. The van der Waals surface area contributed by atoms with E-state index in [0.717, 1.165) is 24.3 Å². The van der Waals surface area contributed by atoms with Gasteiger partial charge < -0.3 is 10.1 Å². The van der Waals surface area contributed by atoms with Crippen molar-refractivity contribution in [1.82, 2.24) is 0 Å². The number of carbonyl (C=O) groups excluding carboxylic acids is 1. The molecule has 1 heterocycles. The first-order valence-corrected chi connectivity index (χ1v) is 7.02. The van der Waals surface area contributed by atoms with Gasteiger partial charge in [0.2, 0.25) is 0 Å². The molecule has 0 aliphatic carbocycles. The fourth-order valence-electron chi connectivity index (χ4n) is 2.11. The lowest BCUT2D eigenvalue weighted by molar-refractivity contribution is -0.145. The van der Waals surface area contributed by atoms with E-state index in [4.69, 9.17) is 4.74 Å². The van der Waals surface area contributed by atoms with Gasteiger partial charge in [0.15, 0.2) is 0 Å². The van der Waals surface area contributed by atoms with Crippen LogP contribution in [-0.2, 0) is 9.53 Å². The van der Waals surface area contributed by atoms with Crippen molar-refractivity contribution >= 4 is 23.4 Å². The van der Waals surface area contributed by atoms with Gasteiger partial charge in [0, 0.05) is 11.4 Å². The smallest absolute Gasteiger partial charge is 0.332 e. The number of methoxy groups -OCH3 is 1. The number of rotatable bonds is 3. The molecule has 5 heteroatoms. The summed E-state index contributed by atoms with van der Waals surface area (Å²) in [5, 5.41) is 3.21. The van der Waals surface area contributed by atoms with Crippen molar-refractivity contribution in [2.75, 3.05) is 23.9 Å². The van der Waals surface area contributed by atoms with Gasteiger partial charge in [-0.05, 0) is 42.9 Å². The zero-order chi connectivity index (χ0) is 13.0. The summed E-state index contributed by atoms with van der Waals surface area (Å²) in [5.41, 5.74) is 0.0551. The maximum atomic E-state index is 12.9. The molecule has 0 spiro atoms. The van der Waals surface area contributed by atoms with Gasteiger partial charge in [-0.25, -0.2) is 9.18 Å². The Kier molecular flexibility index (Phi) is 4.11. The second-order valence-electron chi connectivity index (χ2n) is 4.36. The minimum absolute atomic E-state index is 0.251. The van der Waals surface area contributed by atoms with Gasteiger partial charge in [-0.1, -0.05) is 0 Å². The average Bonchev–Trinajstić information content (AvgIpc) is 2.41. The van der Waals surface area contributed by atoms with Crippen LogP contribution in [0.15, 0.2) is 24.3 Å². The molecular formula is C13H16FNO2S. The van der Waals surface area contributed by atoms with Crippen LogP contribution in [0.25, 0.3) is 0 Å². The van der Waals surface area contributed by atoms with Crippen molar-refractivity contribution in [2.45, 2.75) is 18.4 Å². The Morgan fingerprint density at radius 1 is 1.44 bits per heavy atom. The van der Waals surface area contributed by atoms with Crippen LogP contribution in [0.3, 0.4) is 0 Å². The third-order valence-corrected chi connectivity index (χ3v) is 4.32. The van der Waals surface area contributed by atoms with Crippen LogP contribution < -0.4 is 5.32 Å². The molecule has 1 aromatic carbocycles. The Hall–Kier alpha value is -1.23. The third kappa shape index (κ3) is 2.77. The molecule has 1 fully saturated rings. The van der Waals surface area contributed by atoms with E-state index in [2.05, 4.69) is 5.32 Å². The van der Waals surface area contributed by atoms with Crippen LogP contribution >= 0.6 is 11.8 Å². The molecule has 1 aliphatic heterocycles. The summed E-state index contributed by atoms with van der Waals surface area (Å²) in [6, 6.07) is 6.03. The van der Waals surface area contributed by atoms with E-state index in [1.165, 1.54) is 19.2 Å². The van der Waals surface area contributed by atoms with Crippen molar-refractivity contribution in [1.29, 1.82) is 0 Å². The monoisotopic (exact) mass is 269 g/mol. The van der Waals surface area contributed by atoms with Gasteiger partial charge >= 0.3 is 5.97 Å². The van der Waals surface area contributed by atoms with E-state index in [-0.39, 0.29) is 11.8 Å². The fraction of sp³-hybridized carbons (Fsp3) is 0.462. The van der Waals surface area contributed by atoms with Crippen molar-refractivity contribution in [2.24, 2.45) is 0 Å². The van der Waals surface area contributed by atoms with E-state index in [1.807, 2.05) is 0 Å². The summed E-state index contributed by atoms with van der Waals surface area (Å²) in [4.78, 5) is 12.0. The summed E-state index contributed by atoms with van der Waals surface area (Å²) < 4.78 is 17.8.